The fourth-order valence-electron chi connectivity index (χ4n) is 3.81. The molecule has 4 rings (SSSR count). The second kappa shape index (κ2) is 10.4. The predicted molar refractivity (Wildman–Crippen MR) is 118 cm³/mol. The highest BCUT2D eigenvalue weighted by Gasteiger charge is 2.34. The van der Waals surface area contributed by atoms with Gasteiger partial charge in [0, 0.05) is 38.8 Å². The average molecular weight is 441 g/mol. The highest BCUT2D eigenvalue weighted by atomic mass is 35.5. The molecule has 3 heterocycles. The summed E-state index contributed by atoms with van der Waals surface area (Å²) in [5, 5.41) is 3.36. The molecule has 2 atom stereocenters. The van der Waals surface area contributed by atoms with Crippen LogP contribution in [0.4, 0.5) is 0 Å². The van der Waals surface area contributed by atoms with Crippen molar-refractivity contribution >= 4 is 30.7 Å². The molecular formula is C21H30Cl2N4O2. The molecule has 0 radical (unpaired) electrons. The Morgan fingerprint density at radius 3 is 2.66 bits per heavy atom. The van der Waals surface area contributed by atoms with Crippen molar-refractivity contribution in [3.63, 3.8) is 0 Å². The largest absolute Gasteiger partial charge is 0.366 e. The molecule has 0 aliphatic carbocycles. The second-order valence-corrected chi connectivity index (χ2v) is 7.76. The molecule has 0 unspecified atom stereocenters. The Morgan fingerprint density at radius 1 is 1.17 bits per heavy atom. The van der Waals surface area contributed by atoms with Crippen LogP contribution in [0.15, 0.2) is 36.5 Å². The zero-order valence-corrected chi connectivity index (χ0v) is 18.5. The summed E-state index contributed by atoms with van der Waals surface area (Å²) >= 11 is 0. The van der Waals surface area contributed by atoms with Gasteiger partial charge in [-0.3, -0.25) is 4.79 Å². The van der Waals surface area contributed by atoms with Crippen molar-refractivity contribution in [1.29, 1.82) is 0 Å². The topological polar surface area (TPSA) is 59.4 Å². The summed E-state index contributed by atoms with van der Waals surface area (Å²) in [6.45, 7) is 8.16. The van der Waals surface area contributed by atoms with Crippen LogP contribution in [0, 0.1) is 5.92 Å². The number of imidazole rings is 1. The lowest BCUT2D eigenvalue weighted by atomic mass is 10.0. The first-order chi connectivity index (χ1) is 13.1. The van der Waals surface area contributed by atoms with Crippen LogP contribution in [0.25, 0.3) is 0 Å². The molecular weight excluding hydrogens is 411 g/mol. The van der Waals surface area contributed by atoms with Gasteiger partial charge >= 0.3 is 0 Å². The second-order valence-electron chi connectivity index (χ2n) is 7.76. The van der Waals surface area contributed by atoms with E-state index in [0.29, 0.717) is 24.7 Å². The van der Waals surface area contributed by atoms with Gasteiger partial charge in [-0.05, 0) is 11.5 Å². The molecule has 6 nitrogen and oxygen atoms in total. The van der Waals surface area contributed by atoms with Crippen LogP contribution in [-0.4, -0.2) is 52.6 Å². The number of morpholine rings is 1. The highest BCUT2D eigenvalue weighted by molar-refractivity contribution is 5.92. The van der Waals surface area contributed by atoms with E-state index in [1.807, 2.05) is 29.3 Å². The molecule has 0 spiro atoms. The fraction of sp³-hybridized carbons (Fsp3) is 0.524. The summed E-state index contributed by atoms with van der Waals surface area (Å²) < 4.78 is 8.43. The van der Waals surface area contributed by atoms with Crippen LogP contribution >= 0.6 is 24.8 Å². The van der Waals surface area contributed by atoms with Crippen LogP contribution in [0.1, 0.15) is 41.8 Å². The number of carbonyl (C=O) groups excluding carboxylic acids is 1. The summed E-state index contributed by atoms with van der Waals surface area (Å²) in [5.41, 5.74) is 1.68. The summed E-state index contributed by atoms with van der Waals surface area (Å²) in [7, 11) is 0. The maximum absolute atomic E-state index is 13.2. The molecule has 2 aromatic rings. The van der Waals surface area contributed by atoms with Crippen LogP contribution in [0.2, 0.25) is 0 Å². The first kappa shape index (κ1) is 23.7. The lowest BCUT2D eigenvalue weighted by molar-refractivity contribution is -0.0955. The Morgan fingerprint density at radius 2 is 1.93 bits per heavy atom. The molecule has 1 saturated heterocycles. The standard InChI is InChI=1S/C21H28N4O2.2ClH/c1-15(2)18-13-25(14-19(27-18)16-6-4-3-5-7-16)21(26)17-12-24-11-10-22-9-8-20(24)23-17;;/h3-7,12,15,18-19,22H,8-11,13-14H2,1-2H3;2*1H/t18-,19+;;/m1../s1. The molecule has 160 valence electrons. The Hall–Kier alpha value is -1.60. The first-order valence-corrected chi connectivity index (χ1v) is 9.88. The number of benzene rings is 1. The van der Waals surface area contributed by atoms with Crippen LogP contribution in [0.5, 0.6) is 0 Å². The van der Waals surface area contributed by atoms with Crippen LogP contribution in [-0.2, 0) is 17.7 Å². The molecule has 1 aromatic carbocycles. The van der Waals surface area contributed by atoms with E-state index in [4.69, 9.17) is 4.74 Å². The number of rotatable bonds is 3. The predicted octanol–water partition coefficient (Wildman–Crippen LogP) is 3.11. The number of aromatic nitrogens is 2. The maximum atomic E-state index is 13.2. The van der Waals surface area contributed by atoms with E-state index in [2.05, 4.69) is 40.8 Å². The fourth-order valence-corrected chi connectivity index (χ4v) is 3.81. The smallest absolute Gasteiger partial charge is 0.274 e. The average Bonchev–Trinajstić information content (AvgIpc) is 2.98. The van der Waals surface area contributed by atoms with E-state index in [1.54, 1.807) is 0 Å². The molecule has 29 heavy (non-hydrogen) atoms. The maximum Gasteiger partial charge on any atom is 0.274 e. The normalized spacial score (nSPS) is 21.6. The van der Waals surface area contributed by atoms with Crippen molar-refractivity contribution in [2.24, 2.45) is 5.92 Å². The third-order valence-electron chi connectivity index (χ3n) is 5.46. The van der Waals surface area contributed by atoms with Gasteiger partial charge in [-0.2, -0.15) is 0 Å². The van der Waals surface area contributed by atoms with E-state index < -0.39 is 0 Å². The SMILES string of the molecule is CC(C)[C@H]1CN(C(=O)c2cn3c(n2)CCNCC3)C[C@@H](c2ccccc2)O1.Cl.Cl. The summed E-state index contributed by atoms with van der Waals surface area (Å²) in [6, 6.07) is 10.2. The van der Waals surface area contributed by atoms with Gasteiger partial charge in [0.15, 0.2) is 0 Å². The molecule has 0 bridgehead atoms. The summed E-state index contributed by atoms with van der Waals surface area (Å²) in [4.78, 5) is 19.8. The quantitative estimate of drug-likeness (QED) is 0.796. The van der Waals surface area contributed by atoms with Gasteiger partial charge in [-0.1, -0.05) is 44.2 Å². The zero-order chi connectivity index (χ0) is 18.8. The van der Waals surface area contributed by atoms with Gasteiger partial charge in [0.25, 0.3) is 5.91 Å². The van der Waals surface area contributed by atoms with Crippen molar-refractivity contribution in [2.75, 3.05) is 26.2 Å². The lowest BCUT2D eigenvalue weighted by Gasteiger charge is -2.39. The number of fused-ring (bicyclic) bond motifs is 1. The van der Waals surface area contributed by atoms with Crippen molar-refractivity contribution in [2.45, 2.75) is 39.0 Å². The summed E-state index contributed by atoms with van der Waals surface area (Å²) in [6.07, 6.45) is 2.71. The number of halogens is 2. The van der Waals surface area contributed by atoms with Crippen molar-refractivity contribution in [3.8, 4) is 0 Å². The summed E-state index contributed by atoms with van der Waals surface area (Å²) in [5.74, 6) is 1.35. The van der Waals surface area contributed by atoms with Gasteiger partial charge in [0.1, 0.15) is 17.6 Å². The molecule has 1 N–H and O–H groups in total. The van der Waals surface area contributed by atoms with Crippen LogP contribution in [0.3, 0.4) is 0 Å². The minimum absolute atomic E-state index is 0. The lowest BCUT2D eigenvalue weighted by Crippen LogP contribution is -2.48. The van der Waals surface area contributed by atoms with E-state index in [9.17, 15) is 4.79 Å². The molecule has 2 aliphatic heterocycles. The Balaban J connectivity index is 0.00000150. The minimum Gasteiger partial charge on any atom is -0.366 e. The van der Waals surface area contributed by atoms with Gasteiger partial charge in [-0.25, -0.2) is 4.98 Å². The number of nitrogens with zero attached hydrogens (tertiary/aromatic N) is 3. The third kappa shape index (κ3) is 5.31. The monoisotopic (exact) mass is 440 g/mol. The van der Waals surface area contributed by atoms with Gasteiger partial charge in [0.2, 0.25) is 0 Å². The third-order valence-corrected chi connectivity index (χ3v) is 5.46. The Kier molecular flexibility index (Phi) is 8.52. The van der Waals surface area contributed by atoms with E-state index in [0.717, 1.165) is 37.4 Å². The molecule has 1 aromatic heterocycles. The van der Waals surface area contributed by atoms with Crippen molar-refractivity contribution in [3.05, 3.63) is 53.6 Å². The Labute approximate surface area is 184 Å². The van der Waals surface area contributed by atoms with E-state index in [1.165, 1.54) is 0 Å². The number of carbonyl (C=O) groups is 1. The number of ether oxygens (including phenoxy) is 1. The van der Waals surface area contributed by atoms with E-state index >= 15 is 0 Å². The Bertz CT molecular complexity index is 774. The van der Waals surface area contributed by atoms with Crippen molar-refractivity contribution in [1.82, 2.24) is 19.8 Å². The van der Waals surface area contributed by atoms with Gasteiger partial charge in [-0.15, -0.1) is 24.8 Å². The molecule has 1 amide bonds. The molecule has 8 heteroatoms. The zero-order valence-electron chi connectivity index (χ0n) is 16.9. The van der Waals surface area contributed by atoms with Crippen LogP contribution < -0.4 is 5.32 Å². The minimum atomic E-state index is -0.0964. The van der Waals surface area contributed by atoms with Gasteiger partial charge < -0.3 is 19.5 Å². The van der Waals surface area contributed by atoms with E-state index in [-0.39, 0.29) is 42.9 Å². The highest BCUT2D eigenvalue weighted by Crippen LogP contribution is 2.29. The number of nitrogens with one attached hydrogen (secondary N) is 1. The molecule has 2 aliphatic rings. The first-order valence-electron chi connectivity index (χ1n) is 9.88. The van der Waals surface area contributed by atoms with Gasteiger partial charge in [0.05, 0.1) is 12.6 Å². The number of hydrogen-bond acceptors (Lipinski definition) is 4. The van der Waals surface area contributed by atoms with Crippen molar-refractivity contribution < 1.29 is 9.53 Å². The molecule has 1 fully saturated rings. The molecule has 0 saturated carbocycles. The number of amides is 1. The number of hydrogen-bond donors (Lipinski definition) is 1.